The number of aliphatic imine (C=N–C) groups is 1. The summed E-state index contributed by atoms with van der Waals surface area (Å²) in [7, 11) is 1.77. The number of fused-ring (bicyclic) bond motifs is 1. The number of benzene rings is 1. The lowest BCUT2D eigenvalue weighted by Crippen LogP contribution is -2.37. The molecule has 0 atom stereocenters. The van der Waals surface area contributed by atoms with E-state index in [1.54, 1.807) is 7.05 Å². The van der Waals surface area contributed by atoms with Crippen molar-refractivity contribution in [3.63, 3.8) is 0 Å². The van der Waals surface area contributed by atoms with Gasteiger partial charge >= 0.3 is 0 Å². The van der Waals surface area contributed by atoms with Gasteiger partial charge in [0.2, 0.25) is 0 Å². The zero-order chi connectivity index (χ0) is 17.6. The summed E-state index contributed by atoms with van der Waals surface area (Å²) >= 11 is 0. The van der Waals surface area contributed by atoms with E-state index < -0.39 is 0 Å². The van der Waals surface area contributed by atoms with Crippen LogP contribution in [0.15, 0.2) is 40.0 Å². The summed E-state index contributed by atoms with van der Waals surface area (Å²) in [6.07, 6.45) is 3.89. The number of aromatic nitrogens is 2. The average Bonchev–Trinajstić information content (AvgIpc) is 3.25. The fourth-order valence-corrected chi connectivity index (χ4v) is 2.88. The molecular formula is C19H26IN5O. The molecule has 0 aliphatic carbocycles. The van der Waals surface area contributed by atoms with Gasteiger partial charge in [-0.15, -0.1) is 24.0 Å². The fraction of sp³-hybridized carbons (Fsp3) is 0.368. The Kier molecular flexibility index (Phi) is 7.50. The van der Waals surface area contributed by atoms with Gasteiger partial charge in [-0.2, -0.15) is 0 Å². The van der Waals surface area contributed by atoms with E-state index >= 15 is 0 Å². The van der Waals surface area contributed by atoms with Crippen molar-refractivity contribution >= 4 is 40.8 Å². The van der Waals surface area contributed by atoms with E-state index in [2.05, 4.69) is 64.0 Å². The molecule has 6 nitrogen and oxygen atoms in total. The number of halogens is 1. The maximum atomic E-state index is 5.27. The maximum Gasteiger partial charge on any atom is 0.191 e. The topological polar surface area (TPSA) is 78.2 Å². The molecule has 1 aromatic carbocycles. The summed E-state index contributed by atoms with van der Waals surface area (Å²) < 4.78 is 5.27. The SMILES string of the molecule is CCc1cc(CNC(=NC)NCCc2c[nH]c3c(C)cccc23)on1.I. The van der Waals surface area contributed by atoms with Gasteiger partial charge in [0.15, 0.2) is 11.7 Å². The monoisotopic (exact) mass is 467 g/mol. The second-order valence-electron chi connectivity index (χ2n) is 6.05. The molecule has 3 rings (SSSR count). The molecule has 0 aliphatic rings. The average molecular weight is 467 g/mol. The lowest BCUT2D eigenvalue weighted by molar-refractivity contribution is 0.374. The van der Waals surface area contributed by atoms with Crippen LogP contribution in [0.25, 0.3) is 10.9 Å². The first-order valence-electron chi connectivity index (χ1n) is 8.65. The lowest BCUT2D eigenvalue weighted by Gasteiger charge is -2.10. The van der Waals surface area contributed by atoms with Gasteiger partial charge in [-0.25, -0.2) is 0 Å². The molecule has 2 aromatic heterocycles. The number of rotatable bonds is 6. The van der Waals surface area contributed by atoms with Crippen LogP contribution in [-0.4, -0.2) is 29.7 Å². The van der Waals surface area contributed by atoms with Gasteiger partial charge < -0.3 is 20.1 Å². The Morgan fingerprint density at radius 1 is 1.31 bits per heavy atom. The third-order valence-corrected chi connectivity index (χ3v) is 4.32. The molecule has 3 N–H and O–H groups in total. The number of aromatic amines is 1. The molecule has 26 heavy (non-hydrogen) atoms. The van der Waals surface area contributed by atoms with Crippen molar-refractivity contribution in [1.82, 2.24) is 20.8 Å². The van der Waals surface area contributed by atoms with Crippen LogP contribution in [0.4, 0.5) is 0 Å². The van der Waals surface area contributed by atoms with Crippen molar-refractivity contribution in [3.8, 4) is 0 Å². The van der Waals surface area contributed by atoms with Gasteiger partial charge in [0, 0.05) is 36.8 Å². The third-order valence-electron chi connectivity index (χ3n) is 4.32. The number of nitrogens with zero attached hydrogens (tertiary/aromatic N) is 2. The number of aryl methyl sites for hydroxylation is 2. The van der Waals surface area contributed by atoms with Crippen LogP contribution in [0, 0.1) is 6.92 Å². The van der Waals surface area contributed by atoms with Crippen LogP contribution in [0.5, 0.6) is 0 Å². The summed E-state index contributed by atoms with van der Waals surface area (Å²) in [6.45, 7) is 5.55. The highest BCUT2D eigenvalue weighted by molar-refractivity contribution is 14.0. The van der Waals surface area contributed by atoms with E-state index in [9.17, 15) is 0 Å². The lowest BCUT2D eigenvalue weighted by atomic mass is 10.1. The molecule has 0 spiro atoms. The largest absolute Gasteiger partial charge is 0.361 e. The molecule has 3 aromatic rings. The number of H-pyrrole nitrogens is 1. The number of hydrogen-bond acceptors (Lipinski definition) is 3. The minimum Gasteiger partial charge on any atom is -0.361 e. The van der Waals surface area contributed by atoms with Gasteiger partial charge in [0.1, 0.15) is 0 Å². The highest BCUT2D eigenvalue weighted by Gasteiger charge is 2.07. The van der Waals surface area contributed by atoms with Gasteiger partial charge in [-0.1, -0.05) is 30.3 Å². The van der Waals surface area contributed by atoms with Crippen molar-refractivity contribution in [2.24, 2.45) is 4.99 Å². The number of hydrogen-bond donors (Lipinski definition) is 3. The predicted molar refractivity (Wildman–Crippen MR) is 116 cm³/mol. The smallest absolute Gasteiger partial charge is 0.191 e. The van der Waals surface area contributed by atoms with Crippen LogP contribution < -0.4 is 10.6 Å². The standard InChI is InChI=1S/C19H25N5O.HI/c1-4-15-10-16(25-24-15)12-23-19(20-3)21-9-8-14-11-22-18-13(2)6-5-7-17(14)18;/h5-7,10-11,22H,4,8-9,12H2,1-3H3,(H2,20,21,23);1H. The second-order valence-corrected chi connectivity index (χ2v) is 6.05. The zero-order valence-corrected chi connectivity index (χ0v) is 17.8. The first-order chi connectivity index (χ1) is 12.2. The normalized spacial score (nSPS) is 11.4. The highest BCUT2D eigenvalue weighted by Crippen LogP contribution is 2.21. The van der Waals surface area contributed by atoms with Crippen molar-refractivity contribution in [2.45, 2.75) is 33.2 Å². The summed E-state index contributed by atoms with van der Waals surface area (Å²) in [5.41, 5.74) is 4.77. The van der Waals surface area contributed by atoms with E-state index in [1.165, 1.54) is 22.0 Å². The first kappa shape index (κ1) is 20.3. The summed E-state index contributed by atoms with van der Waals surface area (Å²) in [4.78, 5) is 7.62. The molecule has 0 unspecified atom stereocenters. The van der Waals surface area contributed by atoms with Gasteiger partial charge in [-0.05, 0) is 30.9 Å². The molecule has 0 amide bonds. The van der Waals surface area contributed by atoms with E-state index in [1.807, 2.05) is 6.07 Å². The minimum atomic E-state index is 0. The summed E-state index contributed by atoms with van der Waals surface area (Å²) in [5.74, 6) is 1.57. The second kappa shape index (κ2) is 9.61. The van der Waals surface area contributed by atoms with Crippen molar-refractivity contribution in [3.05, 3.63) is 53.0 Å². The molecule has 0 bridgehead atoms. The predicted octanol–water partition coefficient (Wildman–Crippen LogP) is 3.55. The summed E-state index contributed by atoms with van der Waals surface area (Å²) in [5, 5.41) is 11.9. The maximum absolute atomic E-state index is 5.27. The van der Waals surface area contributed by atoms with Crippen LogP contribution in [0.2, 0.25) is 0 Å². The number of guanidine groups is 1. The Labute approximate surface area is 170 Å². The molecule has 0 fully saturated rings. The molecule has 7 heteroatoms. The fourth-order valence-electron chi connectivity index (χ4n) is 2.88. The van der Waals surface area contributed by atoms with E-state index in [0.717, 1.165) is 36.8 Å². The minimum absolute atomic E-state index is 0. The number of para-hydroxylation sites is 1. The Morgan fingerprint density at radius 2 is 2.15 bits per heavy atom. The number of nitrogens with one attached hydrogen (secondary N) is 3. The van der Waals surface area contributed by atoms with Crippen LogP contribution >= 0.6 is 24.0 Å². The van der Waals surface area contributed by atoms with Crippen molar-refractivity contribution in [1.29, 1.82) is 0 Å². The van der Waals surface area contributed by atoms with Crippen LogP contribution in [0.1, 0.15) is 29.5 Å². The van der Waals surface area contributed by atoms with E-state index in [0.29, 0.717) is 6.54 Å². The van der Waals surface area contributed by atoms with Gasteiger partial charge in [-0.3, -0.25) is 4.99 Å². The molecule has 2 heterocycles. The van der Waals surface area contributed by atoms with E-state index in [4.69, 9.17) is 4.52 Å². The third kappa shape index (κ3) is 4.78. The van der Waals surface area contributed by atoms with E-state index in [-0.39, 0.29) is 24.0 Å². The quantitative estimate of drug-likeness (QED) is 0.295. The van der Waals surface area contributed by atoms with Crippen molar-refractivity contribution < 1.29 is 4.52 Å². The van der Waals surface area contributed by atoms with Crippen LogP contribution in [-0.2, 0) is 19.4 Å². The van der Waals surface area contributed by atoms with Gasteiger partial charge in [0.25, 0.3) is 0 Å². The Balaban J connectivity index is 0.00000243. The van der Waals surface area contributed by atoms with Gasteiger partial charge in [0.05, 0.1) is 12.2 Å². The molecular weight excluding hydrogens is 441 g/mol. The first-order valence-corrected chi connectivity index (χ1v) is 8.65. The molecule has 0 saturated heterocycles. The molecule has 140 valence electrons. The summed E-state index contributed by atoms with van der Waals surface area (Å²) in [6, 6.07) is 8.36. The highest BCUT2D eigenvalue weighted by atomic mass is 127. The molecule has 0 saturated carbocycles. The Morgan fingerprint density at radius 3 is 2.88 bits per heavy atom. The van der Waals surface area contributed by atoms with Crippen molar-refractivity contribution in [2.75, 3.05) is 13.6 Å². The van der Waals surface area contributed by atoms with Crippen LogP contribution in [0.3, 0.4) is 0 Å². The zero-order valence-electron chi connectivity index (χ0n) is 15.4. The Bertz CT molecular complexity index is 868. The molecule has 0 aliphatic heterocycles. The Hall–Kier alpha value is -2.03. The molecule has 0 radical (unpaired) electrons.